The molecule has 0 bridgehead atoms. The minimum Gasteiger partial charge on any atom is -0.398 e. The van der Waals surface area contributed by atoms with Gasteiger partial charge in [-0.2, -0.15) is 0 Å². The molecule has 0 aliphatic carbocycles. The number of likely N-dealkylation sites (N-methyl/N-ethyl adjacent to an activating group) is 1. The molecule has 3 N–H and O–H groups in total. The van der Waals surface area contributed by atoms with E-state index in [1.165, 1.54) is 7.05 Å². The summed E-state index contributed by atoms with van der Waals surface area (Å²) < 4.78 is 0.706. The molecule has 1 aliphatic heterocycles. The Morgan fingerprint density at radius 1 is 1.47 bits per heavy atom. The number of hydrogen-bond donors (Lipinski definition) is 2. The second kappa shape index (κ2) is 5.00. The minimum atomic E-state index is -0.816. The normalized spacial score (nSPS) is 18.8. The molecular formula is C12H12BrN3O3. The number of halogens is 1. The Hall–Kier alpha value is -1.89. The van der Waals surface area contributed by atoms with Gasteiger partial charge in [0.2, 0.25) is 5.91 Å². The van der Waals surface area contributed by atoms with Crippen LogP contribution >= 0.6 is 15.9 Å². The van der Waals surface area contributed by atoms with Gasteiger partial charge in [-0.3, -0.25) is 19.3 Å². The van der Waals surface area contributed by atoms with Gasteiger partial charge in [0.25, 0.3) is 11.8 Å². The van der Waals surface area contributed by atoms with Crippen molar-refractivity contribution >= 4 is 39.3 Å². The second-order valence-corrected chi connectivity index (χ2v) is 5.17. The van der Waals surface area contributed by atoms with Crippen LogP contribution in [0.3, 0.4) is 0 Å². The molecule has 0 saturated carbocycles. The van der Waals surface area contributed by atoms with E-state index in [0.717, 1.165) is 4.90 Å². The van der Waals surface area contributed by atoms with Gasteiger partial charge in [0.05, 0.1) is 12.0 Å². The Balaban J connectivity index is 2.16. The number of nitrogen functional groups attached to an aromatic ring is 1. The molecule has 0 aromatic heterocycles. The van der Waals surface area contributed by atoms with Gasteiger partial charge in [0.15, 0.2) is 0 Å². The first kappa shape index (κ1) is 13.5. The van der Waals surface area contributed by atoms with E-state index in [4.69, 9.17) is 5.73 Å². The lowest BCUT2D eigenvalue weighted by atomic mass is 10.1. The van der Waals surface area contributed by atoms with Crippen molar-refractivity contribution in [2.75, 3.05) is 12.8 Å². The van der Waals surface area contributed by atoms with E-state index in [9.17, 15) is 14.4 Å². The molecule has 0 spiro atoms. The lowest BCUT2D eigenvalue weighted by molar-refractivity contribution is -0.137. The number of nitrogens with zero attached hydrogens (tertiary/aromatic N) is 1. The molecule has 7 heteroatoms. The monoisotopic (exact) mass is 325 g/mol. The number of carbonyl (C=O) groups is 3. The fourth-order valence-corrected chi connectivity index (χ4v) is 2.19. The Kier molecular flexibility index (Phi) is 3.57. The van der Waals surface area contributed by atoms with Gasteiger partial charge in [0, 0.05) is 17.2 Å². The lowest BCUT2D eigenvalue weighted by Gasteiger charge is -2.12. The molecule has 1 fully saturated rings. The van der Waals surface area contributed by atoms with E-state index in [2.05, 4.69) is 21.2 Å². The maximum atomic E-state index is 12.0. The standard InChI is InChI=1S/C12H12BrN3O3/c1-16-10(17)5-9(12(16)19)15-11(18)7-4-6(13)2-3-8(7)14/h2-4,9H,5,14H2,1H3,(H,15,18). The summed E-state index contributed by atoms with van der Waals surface area (Å²) in [4.78, 5) is 36.1. The zero-order chi connectivity index (χ0) is 14.2. The van der Waals surface area contributed by atoms with Crippen molar-refractivity contribution in [3.8, 4) is 0 Å². The van der Waals surface area contributed by atoms with E-state index in [0.29, 0.717) is 10.2 Å². The molecule has 100 valence electrons. The third kappa shape index (κ3) is 2.60. The van der Waals surface area contributed by atoms with Crippen LogP contribution in [0.25, 0.3) is 0 Å². The van der Waals surface area contributed by atoms with Crippen LogP contribution in [0.5, 0.6) is 0 Å². The molecule has 2 rings (SSSR count). The molecule has 1 heterocycles. The summed E-state index contributed by atoms with van der Waals surface area (Å²) in [5.41, 5.74) is 6.29. The van der Waals surface area contributed by atoms with Gasteiger partial charge in [0.1, 0.15) is 6.04 Å². The van der Waals surface area contributed by atoms with E-state index in [-0.39, 0.29) is 17.9 Å². The fourth-order valence-electron chi connectivity index (χ4n) is 1.83. The number of nitrogens with two attached hydrogens (primary N) is 1. The Morgan fingerprint density at radius 2 is 2.16 bits per heavy atom. The van der Waals surface area contributed by atoms with Crippen molar-refractivity contribution in [3.05, 3.63) is 28.2 Å². The molecule has 1 aromatic carbocycles. The summed E-state index contributed by atoms with van der Waals surface area (Å²) in [6, 6.07) is 4.05. The largest absolute Gasteiger partial charge is 0.398 e. The number of amides is 3. The molecule has 1 saturated heterocycles. The SMILES string of the molecule is CN1C(=O)CC(NC(=O)c2cc(Br)ccc2N)C1=O. The summed E-state index contributed by atoms with van der Waals surface area (Å²) in [5.74, 6) is -1.19. The van der Waals surface area contributed by atoms with E-state index >= 15 is 0 Å². The van der Waals surface area contributed by atoms with Crippen LogP contribution < -0.4 is 11.1 Å². The Labute approximate surface area is 118 Å². The third-order valence-corrected chi connectivity index (χ3v) is 3.44. The van der Waals surface area contributed by atoms with Crippen LogP contribution in [0.4, 0.5) is 5.69 Å². The smallest absolute Gasteiger partial charge is 0.254 e. The van der Waals surface area contributed by atoms with E-state index in [1.54, 1.807) is 18.2 Å². The van der Waals surface area contributed by atoms with Gasteiger partial charge in [-0.1, -0.05) is 15.9 Å². The number of carbonyl (C=O) groups excluding carboxylic acids is 3. The first-order chi connectivity index (χ1) is 8.90. The van der Waals surface area contributed by atoms with Gasteiger partial charge >= 0.3 is 0 Å². The highest BCUT2D eigenvalue weighted by Gasteiger charge is 2.37. The topological polar surface area (TPSA) is 92.5 Å². The van der Waals surface area contributed by atoms with Crippen molar-refractivity contribution in [3.63, 3.8) is 0 Å². The molecule has 1 unspecified atom stereocenters. The van der Waals surface area contributed by atoms with Crippen LogP contribution in [0.15, 0.2) is 22.7 Å². The summed E-state index contributed by atoms with van der Waals surface area (Å²) in [7, 11) is 1.39. The number of nitrogens with one attached hydrogen (secondary N) is 1. The maximum Gasteiger partial charge on any atom is 0.254 e. The quantitative estimate of drug-likeness (QED) is 0.612. The van der Waals surface area contributed by atoms with Crippen LogP contribution in [-0.2, 0) is 9.59 Å². The molecular weight excluding hydrogens is 314 g/mol. The average molecular weight is 326 g/mol. The average Bonchev–Trinajstić information content (AvgIpc) is 2.60. The molecule has 1 aromatic rings. The van der Waals surface area contributed by atoms with Crippen LogP contribution in [0.2, 0.25) is 0 Å². The predicted octanol–water partition coefficient (Wildman–Crippen LogP) is 0.518. The van der Waals surface area contributed by atoms with Gasteiger partial charge in [-0.25, -0.2) is 0 Å². The van der Waals surface area contributed by atoms with Crippen molar-refractivity contribution < 1.29 is 14.4 Å². The summed E-state index contributed by atoms with van der Waals surface area (Å²) in [6.45, 7) is 0. The number of benzene rings is 1. The molecule has 1 atom stereocenters. The highest BCUT2D eigenvalue weighted by Crippen LogP contribution is 2.19. The van der Waals surface area contributed by atoms with Gasteiger partial charge in [-0.05, 0) is 18.2 Å². The molecule has 19 heavy (non-hydrogen) atoms. The van der Waals surface area contributed by atoms with Crippen LogP contribution in [0.1, 0.15) is 16.8 Å². The molecule has 1 aliphatic rings. The zero-order valence-corrected chi connectivity index (χ0v) is 11.7. The highest BCUT2D eigenvalue weighted by atomic mass is 79.9. The molecule has 0 radical (unpaired) electrons. The van der Waals surface area contributed by atoms with E-state index in [1.807, 2.05) is 0 Å². The molecule has 3 amide bonds. The third-order valence-electron chi connectivity index (χ3n) is 2.95. The van der Waals surface area contributed by atoms with Crippen molar-refractivity contribution in [1.29, 1.82) is 0 Å². The van der Waals surface area contributed by atoms with E-state index < -0.39 is 17.9 Å². The number of likely N-dealkylation sites (tertiary alicyclic amines) is 1. The van der Waals surface area contributed by atoms with Crippen molar-refractivity contribution in [1.82, 2.24) is 10.2 Å². The highest BCUT2D eigenvalue weighted by molar-refractivity contribution is 9.10. The van der Waals surface area contributed by atoms with Crippen molar-refractivity contribution in [2.45, 2.75) is 12.5 Å². The van der Waals surface area contributed by atoms with Crippen molar-refractivity contribution in [2.24, 2.45) is 0 Å². The summed E-state index contributed by atoms with van der Waals surface area (Å²) in [6.07, 6.45) is -0.0189. The summed E-state index contributed by atoms with van der Waals surface area (Å²) in [5, 5.41) is 2.52. The minimum absolute atomic E-state index is 0.0189. The second-order valence-electron chi connectivity index (χ2n) is 4.25. The Morgan fingerprint density at radius 3 is 2.74 bits per heavy atom. The first-order valence-electron chi connectivity index (χ1n) is 5.56. The van der Waals surface area contributed by atoms with Crippen LogP contribution in [0, 0.1) is 0 Å². The zero-order valence-electron chi connectivity index (χ0n) is 10.1. The maximum absolute atomic E-state index is 12.0. The fraction of sp³-hybridized carbons (Fsp3) is 0.250. The number of rotatable bonds is 2. The number of imide groups is 1. The lowest BCUT2D eigenvalue weighted by Crippen LogP contribution is -2.40. The van der Waals surface area contributed by atoms with Gasteiger partial charge < -0.3 is 11.1 Å². The predicted molar refractivity (Wildman–Crippen MR) is 72.2 cm³/mol. The van der Waals surface area contributed by atoms with Gasteiger partial charge in [-0.15, -0.1) is 0 Å². The summed E-state index contributed by atoms with van der Waals surface area (Å²) >= 11 is 3.24. The Bertz CT molecular complexity index is 573. The van der Waals surface area contributed by atoms with Crippen LogP contribution in [-0.4, -0.2) is 35.7 Å². The number of anilines is 1. The number of hydrogen-bond acceptors (Lipinski definition) is 4. The first-order valence-corrected chi connectivity index (χ1v) is 6.35. The molecule has 6 nitrogen and oxygen atoms in total.